The van der Waals surface area contributed by atoms with Gasteiger partial charge in [-0.25, -0.2) is 0 Å². The Hall–Kier alpha value is -1.07. The Bertz CT molecular complexity index is 206. The lowest BCUT2D eigenvalue weighted by atomic mass is 10.3. The highest BCUT2D eigenvalue weighted by Gasteiger charge is 2.17. The summed E-state index contributed by atoms with van der Waals surface area (Å²) in [4.78, 5) is 12.3. The van der Waals surface area contributed by atoms with Crippen LogP contribution in [0.15, 0.2) is 12.3 Å². The lowest BCUT2D eigenvalue weighted by molar-refractivity contribution is -0.124. The molecule has 1 aliphatic rings. The van der Waals surface area contributed by atoms with Gasteiger partial charge in [-0.1, -0.05) is 0 Å². The molecule has 0 aromatic rings. The summed E-state index contributed by atoms with van der Waals surface area (Å²) in [6.07, 6.45) is 3.47. The second kappa shape index (κ2) is 4.84. The van der Waals surface area contributed by atoms with Crippen LogP contribution in [0.1, 0.15) is 12.8 Å². The Morgan fingerprint density at radius 2 is 2.31 bits per heavy atom. The van der Waals surface area contributed by atoms with Crippen molar-refractivity contribution in [3.05, 3.63) is 12.3 Å². The fourth-order valence-corrected chi connectivity index (χ4v) is 1.11. The van der Waals surface area contributed by atoms with Gasteiger partial charge in [0.25, 0.3) is 0 Å². The van der Waals surface area contributed by atoms with E-state index in [9.17, 15) is 9.90 Å². The molecule has 0 spiro atoms. The fourth-order valence-electron chi connectivity index (χ4n) is 1.11. The van der Waals surface area contributed by atoms with E-state index >= 15 is 0 Å². The molecule has 1 heterocycles. The first-order valence-corrected chi connectivity index (χ1v) is 4.27. The number of hydrogen-bond donors (Lipinski definition) is 3. The minimum Gasteiger partial charge on any atom is -0.396 e. The maximum Gasteiger partial charge on any atom is 0.248 e. The Balaban J connectivity index is 2.32. The summed E-state index contributed by atoms with van der Waals surface area (Å²) in [7, 11) is 0. The van der Waals surface area contributed by atoms with Gasteiger partial charge in [0.05, 0.1) is 0 Å². The largest absolute Gasteiger partial charge is 0.396 e. The van der Waals surface area contributed by atoms with Crippen molar-refractivity contribution in [2.45, 2.75) is 19.2 Å². The topological polar surface area (TPSA) is 72.8 Å². The highest BCUT2D eigenvalue weighted by atomic mass is 16.3. The van der Waals surface area contributed by atoms with Crippen molar-refractivity contribution in [1.82, 2.24) is 10.2 Å². The van der Waals surface area contributed by atoms with E-state index in [1.807, 2.05) is 0 Å². The molecule has 0 aliphatic carbocycles. The fraction of sp³-hybridized carbons (Fsp3) is 0.625. The van der Waals surface area contributed by atoms with Crippen molar-refractivity contribution in [3.8, 4) is 0 Å². The molecule has 1 unspecified atom stereocenters. The third kappa shape index (κ3) is 3.04. The first-order chi connectivity index (χ1) is 6.24. The third-order valence-corrected chi connectivity index (χ3v) is 1.83. The predicted octanol–water partition coefficient (Wildman–Crippen LogP) is -1.02. The van der Waals surface area contributed by atoms with E-state index in [1.54, 1.807) is 11.1 Å². The normalized spacial score (nSPS) is 21.8. The van der Waals surface area contributed by atoms with Crippen LogP contribution < -0.4 is 5.32 Å². The summed E-state index contributed by atoms with van der Waals surface area (Å²) in [5.74, 6) is -0.286. The van der Waals surface area contributed by atoms with Gasteiger partial charge in [0.15, 0.2) is 0 Å². The SMILES string of the molecule is O=C1C=CN(CCCCO)C(O)N1. The molecule has 3 N–H and O–H groups in total. The number of unbranched alkanes of at least 4 members (excludes halogenated alkanes) is 1. The number of amides is 1. The van der Waals surface area contributed by atoms with E-state index in [1.165, 1.54) is 6.08 Å². The van der Waals surface area contributed by atoms with Gasteiger partial charge >= 0.3 is 0 Å². The summed E-state index contributed by atoms with van der Waals surface area (Å²) < 4.78 is 0. The van der Waals surface area contributed by atoms with Crippen LogP contribution in [-0.2, 0) is 4.79 Å². The molecule has 1 rings (SSSR count). The molecule has 0 saturated heterocycles. The zero-order chi connectivity index (χ0) is 9.68. The van der Waals surface area contributed by atoms with Crippen LogP contribution in [0, 0.1) is 0 Å². The van der Waals surface area contributed by atoms with Gasteiger partial charge in [-0.15, -0.1) is 0 Å². The van der Waals surface area contributed by atoms with Crippen molar-refractivity contribution < 1.29 is 15.0 Å². The molecular weight excluding hydrogens is 172 g/mol. The highest BCUT2D eigenvalue weighted by Crippen LogP contribution is 2.03. The lowest BCUT2D eigenvalue weighted by Gasteiger charge is -2.29. The number of hydrogen-bond acceptors (Lipinski definition) is 4. The second-order valence-corrected chi connectivity index (χ2v) is 2.87. The van der Waals surface area contributed by atoms with Crippen LogP contribution in [0.3, 0.4) is 0 Å². The Morgan fingerprint density at radius 3 is 2.92 bits per heavy atom. The van der Waals surface area contributed by atoms with Crippen LogP contribution in [-0.4, -0.2) is 40.5 Å². The molecule has 5 heteroatoms. The van der Waals surface area contributed by atoms with Crippen molar-refractivity contribution >= 4 is 5.91 Å². The zero-order valence-corrected chi connectivity index (χ0v) is 7.31. The van der Waals surface area contributed by atoms with Crippen molar-refractivity contribution in [3.63, 3.8) is 0 Å². The van der Waals surface area contributed by atoms with Crippen LogP contribution in [0.4, 0.5) is 0 Å². The minimum absolute atomic E-state index is 0.153. The number of nitrogens with one attached hydrogen (secondary N) is 1. The van der Waals surface area contributed by atoms with Crippen molar-refractivity contribution in [2.75, 3.05) is 13.2 Å². The molecule has 5 nitrogen and oxygen atoms in total. The van der Waals surface area contributed by atoms with Gasteiger partial charge in [0, 0.05) is 25.4 Å². The Kier molecular flexibility index (Phi) is 3.72. The summed E-state index contributed by atoms with van der Waals surface area (Å²) in [5, 5.41) is 20.2. The highest BCUT2D eigenvalue weighted by molar-refractivity contribution is 5.88. The monoisotopic (exact) mass is 186 g/mol. The molecular formula is C8H14N2O3. The molecule has 1 amide bonds. The number of carbonyl (C=O) groups is 1. The lowest BCUT2D eigenvalue weighted by Crippen LogP contribution is -2.48. The molecule has 0 fully saturated rings. The van der Waals surface area contributed by atoms with Gasteiger partial charge < -0.3 is 20.4 Å². The number of nitrogens with zero attached hydrogens (tertiary/aromatic N) is 1. The molecule has 0 aromatic heterocycles. The second-order valence-electron chi connectivity index (χ2n) is 2.87. The Morgan fingerprint density at radius 1 is 1.54 bits per heavy atom. The van der Waals surface area contributed by atoms with Crippen molar-refractivity contribution in [2.24, 2.45) is 0 Å². The molecule has 0 bridgehead atoms. The van der Waals surface area contributed by atoms with Gasteiger partial charge in [0.2, 0.25) is 12.3 Å². The first kappa shape index (κ1) is 10.0. The van der Waals surface area contributed by atoms with Gasteiger partial charge in [-0.05, 0) is 12.8 Å². The van der Waals surface area contributed by atoms with Crippen molar-refractivity contribution in [1.29, 1.82) is 0 Å². The van der Waals surface area contributed by atoms with E-state index in [2.05, 4.69) is 5.32 Å². The van der Waals surface area contributed by atoms with Gasteiger partial charge in [-0.2, -0.15) is 0 Å². The number of aliphatic hydroxyl groups excluding tert-OH is 2. The maximum atomic E-state index is 10.7. The van der Waals surface area contributed by atoms with Crippen LogP contribution in [0.25, 0.3) is 0 Å². The molecule has 1 aliphatic heterocycles. The van der Waals surface area contributed by atoms with E-state index in [0.29, 0.717) is 13.0 Å². The Labute approximate surface area is 76.7 Å². The predicted molar refractivity (Wildman–Crippen MR) is 46.3 cm³/mol. The summed E-state index contributed by atoms with van der Waals surface area (Å²) in [6, 6.07) is 0. The van der Waals surface area contributed by atoms with Gasteiger partial charge in [0.1, 0.15) is 0 Å². The average molecular weight is 186 g/mol. The summed E-state index contributed by atoms with van der Waals surface area (Å²) in [5.41, 5.74) is 0. The van der Waals surface area contributed by atoms with E-state index in [4.69, 9.17) is 5.11 Å². The average Bonchev–Trinajstić information content (AvgIpc) is 2.09. The molecule has 0 radical (unpaired) electrons. The quantitative estimate of drug-likeness (QED) is 0.491. The van der Waals surface area contributed by atoms with Crippen LogP contribution >= 0.6 is 0 Å². The number of aliphatic hydroxyl groups is 2. The summed E-state index contributed by atoms with van der Waals surface area (Å²) >= 11 is 0. The summed E-state index contributed by atoms with van der Waals surface area (Å²) in [6.45, 7) is 0.776. The first-order valence-electron chi connectivity index (χ1n) is 4.27. The number of carbonyl (C=O) groups excluding carboxylic acids is 1. The molecule has 74 valence electrons. The molecule has 0 aromatic carbocycles. The molecule has 1 atom stereocenters. The van der Waals surface area contributed by atoms with Crippen LogP contribution in [0.5, 0.6) is 0 Å². The standard InChI is InChI=1S/C8H14N2O3/c11-6-2-1-4-10-5-3-7(12)9-8(10)13/h3,5,8,11,13H,1-2,4,6H2,(H,9,12). The van der Waals surface area contributed by atoms with E-state index in [-0.39, 0.29) is 12.5 Å². The molecule has 0 saturated carbocycles. The van der Waals surface area contributed by atoms with Crippen LogP contribution in [0.2, 0.25) is 0 Å². The molecule has 13 heavy (non-hydrogen) atoms. The smallest absolute Gasteiger partial charge is 0.248 e. The maximum absolute atomic E-state index is 10.7. The van der Waals surface area contributed by atoms with E-state index < -0.39 is 6.35 Å². The third-order valence-electron chi connectivity index (χ3n) is 1.83. The minimum atomic E-state index is -0.934. The van der Waals surface area contributed by atoms with E-state index in [0.717, 1.165) is 6.42 Å². The van der Waals surface area contributed by atoms with Gasteiger partial charge in [-0.3, -0.25) is 4.79 Å². The number of rotatable bonds is 4. The zero-order valence-electron chi connectivity index (χ0n) is 7.31.